The number of amides is 1. The van der Waals surface area contributed by atoms with Crippen molar-refractivity contribution in [2.45, 2.75) is 26.8 Å². The Balaban J connectivity index is 2.12. The molecule has 0 aliphatic heterocycles. The van der Waals surface area contributed by atoms with Gasteiger partial charge in [-0.3, -0.25) is 14.3 Å². The lowest BCUT2D eigenvalue weighted by Gasteiger charge is -2.08. The fourth-order valence-electron chi connectivity index (χ4n) is 2.44. The van der Waals surface area contributed by atoms with Crippen molar-refractivity contribution in [1.29, 1.82) is 0 Å². The second-order valence-electron chi connectivity index (χ2n) is 5.38. The maximum Gasteiger partial charge on any atom is 0.307 e. The van der Waals surface area contributed by atoms with Crippen molar-refractivity contribution < 1.29 is 14.3 Å². The highest BCUT2D eigenvalue weighted by Gasteiger charge is 2.19. The molecule has 0 saturated carbocycles. The van der Waals surface area contributed by atoms with E-state index in [2.05, 4.69) is 15.2 Å². The lowest BCUT2D eigenvalue weighted by Crippen LogP contribution is -2.27. The van der Waals surface area contributed by atoms with Crippen molar-refractivity contribution in [3.8, 4) is 0 Å². The highest BCUT2D eigenvalue weighted by Crippen LogP contribution is 2.19. The van der Waals surface area contributed by atoms with Crippen molar-refractivity contribution in [3.05, 3.63) is 51.8 Å². The number of hydrogen-bond acceptors (Lipinski definition) is 4. The number of aromatic nitrogens is 2. The van der Waals surface area contributed by atoms with E-state index < -0.39 is 0 Å². The molecular weight excluding hydrogens is 330 g/mol. The maximum absolute atomic E-state index is 12.3. The molecule has 128 valence electrons. The number of hydrogen-bond donors (Lipinski definition) is 1. The van der Waals surface area contributed by atoms with Crippen LogP contribution in [0.2, 0.25) is 5.02 Å². The molecule has 0 bridgehead atoms. The van der Waals surface area contributed by atoms with Crippen LogP contribution >= 0.6 is 11.6 Å². The molecule has 2 rings (SSSR count). The first-order valence-electron chi connectivity index (χ1n) is 7.56. The van der Waals surface area contributed by atoms with Crippen LogP contribution < -0.4 is 5.32 Å². The van der Waals surface area contributed by atoms with Gasteiger partial charge < -0.3 is 10.1 Å². The Bertz CT molecular complexity index is 756. The number of esters is 1. The Morgan fingerprint density at radius 1 is 1.29 bits per heavy atom. The first-order chi connectivity index (χ1) is 11.4. The van der Waals surface area contributed by atoms with E-state index in [1.54, 1.807) is 11.6 Å². The van der Waals surface area contributed by atoms with Gasteiger partial charge in [-0.05, 0) is 25.5 Å². The third kappa shape index (κ3) is 4.14. The summed E-state index contributed by atoms with van der Waals surface area (Å²) in [6.45, 7) is 4.33. The lowest BCUT2D eigenvalue weighted by molar-refractivity contribution is -0.140. The minimum absolute atomic E-state index is 0.133. The van der Waals surface area contributed by atoms with Crippen LogP contribution in [0.4, 0.5) is 0 Å². The van der Waals surface area contributed by atoms with Gasteiger partial charge in [-0.15, -0.1) is 0 Å². The molecule has 0 aliphatic rings. The van der Waals surface area contributed by atoms with Crippen LogP contribution in [0.1, 0.15) is 33.7 Å². The number of carbonyl (C=O) groups is 2. The summed E-state index contributed by atoms with van der Waals surface area (Å²) in [7, 11) is 1.32. The quantitative estimate of drug-likeness (QED) is 0.813. The summed E-state index contributed by atoms with van der Waals surface area (Å²) < 4.78 is 6.30. The highest BCUT2D eigenvalue weighted by atomic mass is 35.5. The summed E-state index contributed by atoms with van der Waals surface area (Å²) >= 11 is 6.18. The topological polar surface area (TPSA) is 73.2 Å². The number of carbonyl (C=O) groups excluding carboxylic acids is 2. The van der Waals surface area contributed by atoms with E-state index >= 15 is 0 Å². The average molecular weight is 350 g/mol. The zero-order valence-electron chi connectivity index (χ0n) is 13.9. The molecule has 0 aliphatic carbocycles. The smallest absolute Gasteiger partial charge is 0.307 e. The van der Waals surface area contributed by atoms with Crippen LogP contribution in [-0.4, -0.2) is 35.3 Å². The number of ether oxygens (including phenoxy) is 1. The Labute approximate surface area is 145 Å². The predicted octanol–water partition coefficient (Wildman–Crippen LogP) is 2.49. The predicted molar refractivity (Wildman–Crippen MR) is 91.2 cm³/mol. The van der Waals surface area contributed by atoms with Crippen LogP contribution in [0, 0.1) is 13.8 Å². The Morgan fingerprint density at radius 2 is 2.00 bits per heavy atom. The van der Waals surface area contributed by atoms with Gasteiger partial charge in [-0.1, -0.05) is 29.8 Å². The van der Waals surface area contributed by atoms with E-state index in [4.69, 9.17) is 11.6 Å². The molecule has 2 aromatic rings. The molecule has 1 aromatic heterocycles. The number of rotatable bonds is 6. The van der Waals surface area contributed by atoms with Gasteiger partial charge in [0.15, 0.2) is 0 Å². The first-order valence-corrected chi connectivity index (χ1v) is 7.94. The van der Waals surface area contributed by atoms with E-state index in [1.165, 1.54) is 7.11 Å². The molecule has 0 unspecified atom stereocenters. The zero-order valence-corrected chi connectivity index (χ0v) is 14.7. The monoisotopic (exact) mass is 349 g/mol. The minimum Gasteiger partial charge on any atom is -0.469 e. The molecule has 24 heavy (non-hydrogen) atoms. The number of nitrogens with one attached hydrogen (secondary N) is 1. The largest absolute Gasteiger partial charge is 0.469 e. The van der Waals surface area contributed by atoms with Gasteiger partial charge in [0, 0.05) is 17.3 Å². The lowest BCUT2D eigenvalue weighted by atomic mass is 10.1. The van der Waals surface area contributed by atoms with Crippen LogP contribution in [0.3, 0.4) is 0 Å². The summed E-state index contributed by atoms with van der Waals surface area (Å²) in [6, 6.07) is 7.53. The molecule has 0 spiro atoms. The van der Waals surface area contributed by atoms with Gasteiger partial charge >= 0.3 is 5.97 Å². The standard InChI is InChI=1S/C17H20ClN3O3/c1-11-16(17(23)19-9-8-15(22)24-3)12(2)21(20-11)10-13-6-4-5-7-14(13)18/h4-7H,8-10H2,1-3H3,(H,19,23). The molecule has 1 amide bonds. The number of halogens is 1. The maximum atomic E-state index is 12.3. The van der Waals surface area contributed by atoms with Crippen molar-refractivity contribution in [2.24, 2.45) is 0 Å². The van der Waals surface area contributed by atoms with Crippen molar-refractivity contribution in [1.82, 2.24) is 15.1 Å². The zero-order chi connectivity index (χ0) is 17.7. The summed E-state index contributed by atoms with van der Waals surface area (Å²) in [4.78, 5) is 23.4. The summed E-state index contributed by atoms with van der Waals surface area (Å²) in [5.74, 6) is -0.613. The number of benzene rings is 1. The number of nitrogens with zero attached hydrogens (tertiary/aromatic N) is 2. The molecule has 1 aromatic carbocycles. The van der Waals surface area contributed by atoms with Gasteiger partial charge in [0.1, 0.15) is 0 Å². The van der Waals surface area contributed by atoms with Crippen LogP contribution in [0.5, 0.6) is 0 Å². The van der Waals surface area contributed by atoms with Gasteiger partial charge in [0.2, 0.25) is 0 Å². The summed E-state index contributed by atoms with van der Waals surface area (Å²) in [6.07, 6.45) is 0.133. The van der Waals surface area contributed by atoms with E-state index in [0.717, 1.165) is 11.3 Å². The van der Waals surface area contributed by atoms with Crippen molar-refractivity contribution in [2.75, 3.05) is 13.7 Å². The van der Waals surface area contributed by atoms with E-state index in [9.17, 15) is 9.59 Å². The molecule has 7 heteroatoms. The van der Waals surface area contributed by atoms with Crippen LogP contribution in [0.15, 0.2) is 24.3 Å². The van der Waals surface area contributed by atoms with E-state index in [1.807, 2.05) is 31.2 Å². The van der Waals surface area contributed by atoms with E-state index in [0.29, 0.717) is 22.8 Å². The Kier molecular flexibility index (Phi) is 5.98. The van der Waals surface area contributed by atoms with Gasteiger partial charge in [-0.2, -0.15) is 5.10 Å². The average Bonchev–Trinajstić information content (AvgIpc) is 2.83. The third-order valence-electron chi connectivity index (χ3n) is 3.73. The Morgan fingerprint density at radius 3 is 2.67 bits per heavy atom. The number of methoxy groups -OCH3 is 1. The molecule has 0 radical (unpaired) electrons. The van der Waals surface area contributed by atoms with Gasteiger partial charge in [-0.25, -0.2) is 0 Å². The first kappa shape index (κ1) is 18.0. The fraction of sp³-hybridized carbons (Fsp3) is 0.353. The molecule has 1 N–H and O–H groups in total. The fourth-order valence-corrected chi connectivity index (χ4v) is 2.63. The molecule has 0 atom stereocenters. The minimum atomic E-state index is -0.363. The summed E-state index contributed by atoms with van der Waals surface area (Å²) in [5, 5.41) is 7.81. The molecule has 0 fully saturated rings. The SMILES string of the molecule is COC(=O)CCNC(=O)c1c(C)nn(Cc2ccccc2Cl)c1C. The van der Waals surface area contributed by atoms with Crippen LogP contribution in [-0.2, 0) is 16.1 Å². The third-order valence-corrected chi connectivity index (χ3v) is 4.10. The molecule has 6 nitrogen and oxygen atoms in total. The van der Waals surface area contributed by atoms with Crippen molar-refractivity contribution >= 4 is 23.5 Å². The second-order valence-corrected chi connectivity index (χ2v) is 5.78. The van der Waals surface area contributed by atoms with Crippen LogP contribution in [0.25, 0.3) is 0 Å². The van der Waals surface area contributed by atoms with E-state index in [-0.39, 0.29) is 24.8 Å². The highest BCUT2D eigenvalue weighted by molar-refractivity contribution is 6.31. The number of aryl methyl sites for hydroxylation is 1. The van der Waals surface area contributed by atoms with Gasteiger partial charge in [0.25, 0.3) is 5.91 Å². The Hall–Kier alpha value is -2.34. The molecular formula is C17H20ClN3O3. The molecule has 0 saturated heterocycles. The van der Waals surface area contributed by atoms with Crippen molar-refractivity contribution in [3.63, 3.8) is 0 Å². The molecule has 1 heterocycles. The second kappa shape index (κ2) is 7.97. The summed E-state index contributed by atoms with van der Waals surface area (Å²) in [5.41, 5.74) is 2.84. The normalized spacial score (nSPS) is 10.5. The van der Waals surface area contributed by atoms with Gasteiger partial charge in [0.05, 0.1) is 31.3 Å².